The number of nitrogens with two attached hydrogens (primary N) is 1. The van der Waals surface area contributed by atoms with Crippen LogP contribution in [0.15, 0.2) is 0 Å². The summed E-state index contributed by atoms with van der Waals surface area (Å²) in [6.07, 6.45) is 0. The number of hydrogen-bond acceptors (Lipinski definition) is 3. The summed E-state index contributed by atoms with van der Waals surface area (Å²) in [6.45, 7) is 0. The van der Waals surface area contributed by atoms with Gasteiger partial charge in [0.05, 0.1) is 0 Å². The SMILES string of the molecule is Cn1c(Cl)nc(N)c1C(=O)O. The highest BCUT2D eigenvalue weighted by molar-refractivity contribution is 6.29. The Hall–Kier alpha value is -1.23. The molecule has 0 saturated carbocycles. The summed E-state index contributed by atoms with van der Waals surface area (Å²) >= 11 is 5.49. The first kappa shape index (κ1) is 7.87. The maximum absolute atomic E-state index is 10.5. The van der Waals surface area contributed by atoms with Gasteiger partial charge in [0.15, 0.2) is 11.5 Å². The molecule has 0 aliphatic heterocycles. The van der Waals surface area contributed by atoms with Gasteiger partial charge in [0, 0.05) is 7.05 Å². The first-order valence-electron chi connectivity index (χ1n) is 2.75. The number of carbonyl (C=O) groups is 1. The van der Waals surface area contributed by atoms with Crippen LogP contribution in [-0.2, 0) is 7.05 Å². The zero-order chi connectivity index (χ0) is 8.59. The van der Waals surface area contributed by atoms with Crippen LogP contribution in [0.3, 0.4) is 0 Å². The first-order chi connectivity index (χ1) is 5.04. The molecule has 6 heteroatoms. The van der Waals surface area contributed by atoms with Crippen molar-refractivity contribution in [2.24, 2.45) is 7.05 Å². The van der Waals surface area contributed by atoms with Crippen LogP contribution in [0.25, 0.3) is 0 Å². The standard InChI is InChI=1S/C5H6ClN3O2/c1-9-2(4(10)11)3(7)8-5(9)6/h7H2,1H3,(H,10,11). The highest BCUT2D eigenvalue weighted by atomic mass is 35.5. The van der Waals surface area contributed by atoms with Gasteiger partial charge in [-0.2, -0.15) is 0 Å². The lowest BCUT2D eigenvalue weighted by Gasteiger charge is -1.95. The van der Waals surface area contributed by atoms with E-state index in [9.17, 15) is 4.79 Å². The van der Waals surface area contributed by atoms with Gasteiger partial charge in [-0.05, 0) is 11.6 Å². The summed E-state index contributed by atoms with van der Waals surface area (Å²) in [5, 5.41) is 8.63. The van der Waals surface area contributed by atoms with E-state index in [1.54, 1.807) is 0 Å². The van der Waals surface area contributed by atoms with Crippen molar-refractivity contribution in [1.29, 1.82) is 0 Å². The van der Waals surface area contributed by atoms with E-state index < -0.39 is 5.97 Å². The van der Waals surface area contributed by atoms with Crippen LogP contribution in [0.4, 0.5) is 5.82 Å². The van der Waals surface area contributed by atoms with Crippen LogP contribution in [0.1, 0.15) is 10.5 Å². The molecule has 0 aliphatic rings. The summed E-state index contributed by atoms with van der Waals surface area (Å²) in [5.41, 5.74) is 5.16. The van der Waals surface area contributed by atoms with Gasteiger partial charge >= 0.3 is 5.97 Å². The van der Waals surface area contributed by atoms with Crippen LogP contribution < -0.4 is 5.73 Å². The van der Waals surface area contributed by atoms with Gasteiger partial charge in [-0.3, -0.25) is 0 Å². The predicted molar refractivity (Wildman–Crippen MR) is 39.6 cm³/mol. The minimum absolute atomic E-state index is 0.0648. The number of carboxylic acids is 1. The highest BCUT2D eigenvalue weighted by Gasteiger charge is 2.16. The number of aromatic carboxylic acids is 1. The predicted octanol–water partition coefficient (Wildman–Crippen LogP) is 0.354. The molecule has 1 heterocycles. The van der Waals surface area contributed by atoms with E-state index >= 15 is 0 Å². The summed E-state index contributed by atoms with van der Waals surface area (Å²) in [4.78, 5) is 14.0. The van der Waals surface area contributed by atoms with Gasteiger partial charge < -0.3 is 15.4 Å². The molecule has 0 atom stereocenters. The summed E-state index contributed by atoms with van der Waals surface area (Å²) in [6, 6.07) is 0. The molecule has 0 aromatic carbocycles. The molecule has 1 aromatic heterocycles. The third kappa shape index (κ3) is 1.14. The molecule has 0 fully saturated rings. The minimum Gasteiger partial charge on any atom is -0.476 e. The van der Waals surface area contributed by atoms with Crippen molar-refractivity contribution >= 4 is 23.4 Å². The van der Waals surface area contributed by atoms with Crippen LogP contribution in [0.5, 0.6) is 0 Å². The molecule has 1 aromatic rings. The fourth-order valence-electron chi connectivity index (χ4n) is 0.744. The molecule has 0 saturated heterocycles. The number of carboxylic acid groups (broad SMARTS) is 1. The molecular formula is C5H6ClN3O2. The maximum atomic E-state index is 10.5. The Bertz CT molecular complexity index is 307. The Morgan fingerprint density at radius 2 is 2.36 bits per heavy atom. The van der Waals surface area contributed by atoms with Crippen LogP contribution in [-0.4, -0.2) is 20.6 Å². The number of hydrogen-bond donors (Lipinski definition) is 2. The van der Waals surface area contributed by atoms with Crippen molar-refractivity contribution in [1.82, 2.24) is 9.55 Å². The molecule has 60 valence electrons. The second-order valence-corrected chi connectivity index (χ2v) is 2.32. The first-order valence-corrected chi connectivity index (χ1v) is 3.12. The molecule has 0 bridgehead atoms. The molecule has 0 amide bonds. The number of rotatable bonds is 1. The monoisotopic (exact) mass is 175 g/mol. The summed E-state index contributed by atoms with van der Waals surface area (Å²) in [5.74, 6) is -1.20. The summed E-state index contributed by atoms with van der Waals surface area (Å²) < 4.78 is 1.21. The van der Waals surface area contributed by atoms with Crippen molar-refractivity contribution in [3.05, 3.63) is 11.0 Å². The molecule has 11 heavy (non-hydrogen) atoms. The molecule has 0 radical (unpaired) electrons. The molecule has 0 spiro atoms. The molecule has 1 rings (SSSR count). The van der Waals surface area contributed by atoms with Gasteiger partial charge in [-0.25, -0.2) is 9.78 Å². The second-order valence-electron chi connectivity index (χ2n) is 1.98. The summed E-state index contributed by atoms with van der Waals surface area (Å²) in [7, 11) is 1.48. The zero-order valence-electron chi connectivity index (χ0n) is 5.71. The fraction of sp³-hybridized carbons (Fsp3) is 0.200. The van der Waals surface area contributed by atoms with Gasteiger partial charge in [-0.1, -0.05) is 0 Å². The average Bonchev–Trinajstić information content (AvgIpc) is 2.07. The Morgan fingerprint density at radius 3 is 2.55 bits per heavy atom. The largest absolute Gasteiger partial charge is 0.476 e. The van der Waals surface area contributed by atoms with E-state index in [2.05, 4.69) is 4.98 Å². The van der Waals surface area contributed by atoms with Crippen LogP contribution in [0, 0.1) is 0 Å². The van der Waals surface area contributed by atoms with Gasteiger partial charge in [-0.15, -0.1) is 0 Å². The van der Waals surface area contributed by atoms with Gasteiger partial charge in [0.2, 0.25) is 5.28 Å². The Labute approximate surface area is 67.4 Å². The lowest BCUT2D eigenvalue weighted by atomic mass is 10.4. The molecular weight excluding hydrogens is 170 g/mol. The van der Waals surface area contributed by atoms with E-state index in [0.717, 1.165) is 0 Å². The van der Waals surface area contributed by atoms with E-state index in [-0.39, 0.29) is 16.8 Å². The van der Waals surface area contributed by atoms with Gasteiger partial charge in [0.25, 0.3) is 0 Å². The van der Waals surface area contributed by atoms with Gasteiger partial charge in [0.1, 0.15) is 0 Å². The minimum atomic E-state index is -1.13. The van der Waals surface area contributed by atoms with Crippen molar-refractivity contribution < 1.29 is 9.90 Å². The number of imidazole rings is 1. The molecule has 3 N–H and O–H groups in total. The van der Waals surface area contributed by atoms with Crippen molar-refractivity contribution in [2.45, 2.75) is 0 Å². The van der Waals surface area contributed by atoms with Crippen LogP contribution in [0.2, 0.25) is 5.28 Å². The smallest absolute Gasteiger partial charge is 0.356 e. The number of nitrogens with zero attached hydrogens (tertiary/aromatic N) is 2. The van der Waals surface area contributed by atoms with E-state index in [1.807, 2.05) is 0 Å². The number of halogens is 1. The maximum Gasteiger partial charge on any atom is 0.356 e. The third-order valence-corrected chi connectivity index (χ3v) is 1.61. The van der Waals surface area contributed by atoms with Crippen molar-refractivity contribution in [3.8, 4) is 0 Å². The van der Waals surface area contributed by atoms with E-state index in [4.69, 9.17) is 22.4 Å². The number of anilines is 1. The average molecular weight is 176 g/mol. The Morgan fingerprint density at radius 1 is 1.82 bits per heavy atom. The number of nitrogen functional groups attached to an aromatic ring is 1. The number of aromatic nitrogens is 2. The lowest BCUT2D eigenvalue weighted by Crippen LogP contribution is -2.06. The lowest BCUT2D eigenvalue weighted by molar-refractivity contribution is 0.0688. The zero-order valence-corrected chi connectivity index (χ0v) is 6.46. The highest BCUT2D eigenvalue weighted by Crippen LogP contribution is 2.15. The van der Waals surface area contributed by atoms with E-state index in [1.165, 1.54) is 11.6 Å². The molecule has 5 nitrogen and oxygen atoms in total. The van der Waals surface area contributed by atoms with Crippen molar-refractivity contribution in [3.63, 3.8) is 0 Å². The second kappa shape index (κ2) is 2.43. The fourth-order valence-corrected chi connectivity index (χ4v) is 0.920. The van der Waals surface area contributed by atoms with Crippen LogP contribution >= 0.6 is 11.6 Å². The Kier molecular flexibility index (Phi) is 1.74. The quantitative estimate of drug-likeness (QED) is 0.646. The Balaban J connectivity index is 3.34. The molecule has 0 unspecified atom stereocenters. The third-order valence-electron chi connectivity index (χ3n) is 1.27. The molecule has 0 aliphatic carbocycles. The normalized spacial score (nSPS) is 10.0. The van der Waals surface area contributed by atoms with E-state index in [0.29, 0.717) is 0 Å². The van der Waals surface area contributed by atoms with Crippen molar-refractivity contribution in [2.75, 3.05) is 5.73 Å². The topological polar surface area (TPSA) is 81.1 Å².